The fourth-order valence-corrected chi connectivity index (χ4v) is 2.57. The van der Waals surface area contributed by atoms with Crippen molar-refractivity contribution in [2.75, 3.05) is 6.61 Å². The van der Waals surface area contributed by atoms with Gasteiger partial charge in [-0.2, -0.15) is 0 Å². The van der Waals surface area contributed by atoms with Gasteiger partial charge in [0.25, 0.3) is 0 Å². The molecule has 106 valence electrons. The highest BCUT2D eigenvalue weighted by molar-refractivity contribution is 5.45. The Balaban J connectivity index is 2.09. The van der Waals surface area contributed by atoms with Crippen molar-refractivity contribution in [2.24, 2.45) is 5.92 Å². The number of hydrogen-bond donors (Lipinski definition) is 2. The van der Waals surface area contributed by atoms with Crippen molar-refractivity contribution in [3.05, 3.63) is 29.3 Å². The van der Waals surface area contributed by atoms with E-state index >= 15 is 0 Å². The van der Waals surface area contributed by atoms with Gasteiger partial charge < -0.3 is 15.2 Å². The molecular formula is C16H25NO2. The molecule has 0 fully saturated rings. The van der Waals surface area contributed by atoms with Gasteiger partial charge in [0.15, 0.2) is 0 Å². The van der Waals surface area contributed by atoms with Crippen LogP contribution in [0, 0.1) is 5.92 Å². The quantitative estimate of drug-likeness (QED) is 0.857. The molecule has 1 aromatic carbocycles. The van der Waals surface area contributed by atoms with E-state index in [0.717, 1.165) is 18.7 Å². The van der Waals surface area contributed by atoms with Crippen molar-refractivity contribution in [3.63, 3.8) is 0 Å². The Morgan fingerprint density at radius 2 is 2.11 bits per heavy atom. The molecule has 0 spiro atoms. The van der Waals surface area contributed by atoms with Gasteiger partial charge in [-0.15, -0.1) is 0 Å². The average molecular weight is 263 g/mol. The SMILES string of the molecule is CC(C)[C@@H](CO)NCc1cccc2c1OC(C)(C)C2. The van der Waals surface area contributed by atoms with Crippen LogP contribution in [0.1, 0.15) is 38.8 Å². The minimum atomic E-state index is -0.104. The van der Waals surface area contributed by atoms with E-state index in [1.165, 1.54) is 11.1 Å². The van der Waals surface area contributed by atoms with E-state index in [4.69, 9.17) is 4.74 Å². The molecule has 3 heteroatoms. The number of aliphatic hydroxyl groups excluding tert-OH is 1. The molecule has 0 aliphatic carbocycles. The van der Waals surface area contributed by atoms with Crippen LogP contribution in [0.4, 0.5) is 0 Å². The van der Waals surface area contributed by atoms with Crippen LogP contribution < -0.4 is 10.1 Å². The first-order chi connectivity index (χ1) is 8.93. The monoisotopic (exact) mass is 263 g/mol. The van der Waals surface area contributed by atoms with E-state index < -0.39 is 0 Å². The van der Waals surface area contributed by atoms with Crippen molar-refractivity contribution in [2.45, 2.75) is 52.3 Å². The molecule has 0 amide bonds. The van der Waals surface area contributed by atoms with Crippen molar-refractivity contribution < 1.29 is 9.84 Å². The van der Waals surface area contributed by atoms with Crippen LogP contribution in [0.5, 0.6) is 5.75 Å². The molecule has 19 heavy (non-hydrogen) atoms. The van der Waals surface area contributed by atoms with Crippen LogP contribution in [-0.2, 0) is 13.0 Å². The lowest BCUT2D eigenvalue weighted by molar-refractivity contribution is 0.136. The summed E-state index contributed by atoms with van der Waals surface area (Å²) in [4.78, 5) is 0. The van der Waals surface area contributed by atoms with Gasteiger partial charge in [0, 0.05) is 24.6 Å². The second-order valence-electron chi connectivity index (χ2n) is 6.36. The Hall–Kier alpha value is -1.06. The molecule has 0 saturated heterocycles. The van der Waals surface area contributed by atoms with Crippen LogP contribution in [0.2, 0.25) is 0 Å². The maximum Gasteiger partial charge on any atom is 0.127 e. The van der Waals surface area contributed by atoms with E-state index in [1.807, 2.05) is 0 Å². The van der Waals surface area contributed by atoms with E-state index in [-0.39, 0.29) is 18.2 Å². The molecule has 3 nitrogen and oxygen atoms in total. The molecule has 1 aromatic rings. The lowest BCUT2D eigenvalue weighted by atomic mass is 10.00. The van der Waals surface area contributed by atoms with Gasteiger partial charge in [-0.1, -0.05) is 32.0 Å². The minimum absolute atomic E-state index is 0.104. The second-order valence-corrected chi connectivity index (χ2v) is 6.36. The zero-order valence-corrected chi connectivity index (χ0v) is 12.4. The first-order valence-electron chi connectivity index (χ1n) is 7.07. The van der Waals surface area contributed by atoms with Crippen molar-refractivity contribution in [1.82, 2.24) is 5.32 Å². The summed E-state index contributed by atoms with van der Waals surface area (Å²) >= 11 is 0. The van der Waals surface area contributed by atoms with Crippen LogP contribution in [0.3, 0.4) is 0 Å². The summed E-state index contributed by atoms with van der Waals surface area (Å²) in [6.45, 7) is 9.37. The number of aliphatic hydroxyl groups is 1. The maximum absolute atomic E-state index is 9.36. The molecule has 1 heterocycles. The molecule has 2 N–H and O–H groups in total. The predicted molar refractivity (Wildman–Crippen MR) is 77.4 cm³/mol. The lowest BCUT2D eigenvalue weighted by Crippen LogP contribution is -2.36. The van der Waals surface area contributed by atoms with Crippen molar-refractivity contribution in [3.8, 4) is 5.75 Å². The van der Waals surface area contributed by atoms with Gasteiger partial charge >= 0.3 is 0 Å². The zero-order valence-electron chi connectivity index (χ0n) is 12.4. The predicted octanol–water partition coefficient (Wildman–Crippen LogP) is 2.51. The topological polar surface area (TPSA) is 41.5 Å². The van der Waals surface area contributed by atoms with Gasteiger partial charge in [0.1, 0.15) is 11.4 Å². The molecule has 1 aliphatic rings. The van der Waals surface area contributed by atoms with Gasteiger partial charge in [-0.05, 0) is 25.3 Å². The molecule has 0 bridgehead atoms. The van der Waals surface area contributed by atoms with Crippen molar-refractivity contribution in [1.29, 1.82) is 0 Å². The van der Waals surface area contributed by atoms with Crippen LogP contribution in [0.15, 0.2) is 18.2 Å². The number of para-hydroxylation sites is 1. The third-order valence-corrected chi connectivity index (χ3v) is 3.73. The third kappa shape index (κ3) is 3.28. The molecule has 0 saturated carbocycles. The average Bonchev–Trinajstić information content (AvgIpc) is 2.64. The van der Waals surface area contributed by atoms with Crippen molar-refractivity contribution >= 4 is 0 Å². The van der Waals surface area contributed by atoms with Gasteiger partial charge in [-0.3, -0.25) is 0 Å². The fourth-order valence-electron chi connectivity index (χ4n) is 2.57. The summed E-state index contributed by atoms with van der Waals surface area (Å²) in [6.07, 6.45) is 0.962. The lowest BCUT2D eigenvalue weighted by Gasteiger charge is -2.22. The Bertz CT molecular complexity index is 440. The molecule has 0 aromatic heterocycles. The van der Waals surface area contributed by atoms with Gasteiger partial charge in [-0.25, -0.2) is 0 Å². The first kappa shape index (κ1) is 14.4. The number of hydrogen-bond acceptors (Lipinski definition) is 3. The Kier molecular flexibility index (Phi) is 4.16. The van der Waals surface area contributed by atoms with Gasteiger partial charge in [0.2, 0.25) is 0 Å². The molecule has 1 atom stereocenters. The smallest absolute Gasteiger partial charge is 0.127 e. The number of fused-ring (bicyclic) bond motifs is 1. The molecule has 1 aliphatic heterocycles. The molecule has 0 unspecified atom stereocenters. The van der Waals surface area contributed by atoms with E-state index in [9.17, 15) is 5.11 Å². The summed E-state index contributed by atoms with van der Waals surface area (Å²) in [6, 6.07) is 6.45. The summed E-state index contributed by atoms with van der Waals surface area (Å²) in [5, 5.41) is 12.8. The van der Waals surface area contributed by atoms with E-state index in [1.54, 1.807) is 0 Å². The van der Waals surface area contributed by atoms with E-state index in [0.29, 0.717) is 5.92 Å². The number of ether oxygens (including phenoxy) is 1. The highest BCUT2D eigenvalue weighted by Gasteiger charge is 2.31. The summed E-state index contributed by atoms with van der Waals surface area (Å²) in [7, 11) is 0. The first-order valence-corrected chi connectivity index (χ1v) is 7.07. The number of nitrogens with one attached hydrogen (secondary N) is 1. The fraction of sp³-hybridized carbons (Fsp3) is 0.625. The minimum Gasteiger partial charge on any atom is -0.487 e. The summed E-state index contributed by atoms with van der Waals surface area (Å²) in [5.41, 5.74) is 2.36. The standard InChI is InChI=1S/C16H25NO2/c1-11(2)14(10-18)17-9-13-7-5-6-12-8-16(3,4)19-15(12)13/h5-7,11,14,17-18H,8-10H2,1-4H3/t14-/m1/s1. The molecule has 2 rings (SSSR count). The third-order valence-electron chi connectivity index (χ3n) is 3.73. The number of benzene rings is 1. The largest absolute Gasteiger partial charge is 0.487 e. The van der Waals surface area contributed by atoms with Crippen LogP contribution in [0.25, 0.3) is 0 Å². The highest BCUT2D eigenvalue weighted by atomic mass is 16.5. The number of rotatable bonds is 5. The second kappa shape index (κ2) is 5.51. The normalized spacial score (nSPS) is 18.2. The van der Waals surface area contributed by atoms with Crippen LogP contribution >= 0.6 is 0 Å². The molecule has 0 radical (unpaired) electrons. The molecular weight excluding hydrogens is 238 g/mol. The summed E-state index contributed by atoms with van der Waals surface area (Å²) in [5.74, 6) is 1.44. The highest BCUT2D eigenvalue weighted by Crippen LogP contribution is 2.37. The van der Waals surface area contributed by atoms with E-state index in [2.05, 4.69) is 51.2 Å². The Labute approximate surface area is 116 Å². The van der Waals surface area contributed by atoms with Gasteiger partial charge in [0.05, 0.1) is 6.61 Å². The summed E-state index contributed by atoms with van der Waals surface area (Å²) < 4.78 is 6.05. The Morgan fingerprint density at radius 3 is 2.74 bits per heavy atom. The zero-order chi connectivity index (χ0) is 14.0. The Morgan fingerprint density at radius 1 is 1.37 bits per heavy atom. The van der Waals surface area contributed by atoms with Crippen LogP contribution in [-0.4, -0.2) is 23.4 Å². The maximum atomic E-state index is 9.36.